The van der Waals surface area contributed by atoms with Crippen LogP contribution in [0.2, 0.25) is 0 Å². The first-order chi connectivity index (χ1) is 9.01. The lowest BCUT2D eigenvalue weighted by molar-refractivity contribution is -0.147. The van der Waals surface area contributed by atoms with Crippen molar-refractivity contribution >= 4 is 5.97 Å². The Kier molecular flexibility index (Phi) is 5.44. The van der Waals surface area contributed by atoms with Gasteiger partial charge in [-0.3, -0.25) is 0 Å². The molecule has 2 atom stereocenters. The number of hydrogen-bond acceptors (Lipinski definition) is 4. The molecule has 0 aliphatic carbocycles. The van der Waals surface area contributed by atoms with E-state index in [0.717, 1.165) is 25.7 Å². The molecule has 108 valence electrons. The molecule has 6 nitrogen and oxygen atoms in total. The van der Waals surface area contributed by atoms with E-state index in [4.69, 9.17) is 0 Å². The number of rotatable bonds is 8. The van der Waals surface area contributed by atoms with Crippen molar-refractivity contribution in [3.63, 3.8) is 0 Å². The second-order valence-corrected chi connectivity index (χ2v) is 5.13. The van der Waals surface area contributed by atoms with Crippen LogP contribution in [-0.4, -0.2) is 31.3 Å². The number of hydrogen-bond donors (Lipinski definition) is 1. The van der Waals surface area contributed by atoms with Crippen LogP contribution in [0.1, 0.15) is 71.5 Å². The zero-order valence-electron chi connectivity index (χ0n) is 12.3. The molecule has 1 aromatic rings. The fourth-order valence-corrected chi connectivity index (χ4v) is 2.16. The molecule has 0 aliphatic heterocycles. The summed E-state index contributed by atoms with van der Waals surface area (Å²) in [4.78, 5) is 11.5. The van der Waals surface area contributed by atoms with Gasteiger partial charge in [-0.25, -0.2) is 9.48 Å². The van der Waals surface area contributed by atoms with Gasteiger partial charge in [-0.05, 0) is 36.6 Å². The third kappa shape index (κ3) is 3.11. The number of aromatic nitrogens is 4. The summed E-state index contributed by atoms with van der Waals surface area (Å²) < 4.78 is 1.50. The van der Waals surface area contributed by atoms with Crippen LogP contribution in [0.4, 0.5) is 0 Å². The molecule has 1 aromatic heterocycles. The first kappa shape index (κ1) is 15.6. The zero-order chi connectivity index (χ0) is 14.5. The minimum atomic E-state index is -1.07. The molecule has 0 saturated carbocycles. The molecule has 0 fully saturated rings. The highest BCUT2D eigenvalue weighted by atomic mass is 16.4. The van der Waals surface area contributed by atoms with Crippen LogP contribution in [-0.2, 0) is 10.3 Å². The molecule has 1 rings (SSSR count). The van der Waals surface area contributed by atoms with Crippen LogP contribution >= 0.6 is 0 Å². The third-order valence-corrected chi connectivity index (χ3v) is 3.87. The van der Waals surface area contributed by atoms with Gasteiger partial charge in [-0.15, -0.1) is 5.10 Å². The number of nitrogens with zero attached hydrogens (tertiary/aromatic N) is 4. The molecule has 0 aliphatic rings. The summed E-state index contributed by atoms with van der Waals surface area (Å²) >= 11 is 0. The summed E-state index contributed by atoms with van der Waals surface area (Å²) in [7, 11) is 0. The Morgan fingerprint density at radius 1 is 1.42 bits per heavy atom. The SMILES string of the molecule is CCCCC(CC)c1nnnn1C(C)(CC)C(=O)O. The molecule has 0 amide bonds. The minimum Gasteiger partial charge on any atom is -0.479 e. The van der Waals surface area contributed by atoms with Crippen molar-refractivity contribution in [2.45, 2.75) is 71.3 Å². The van der Waals surface area contributed by atoms with Gasteiger partial charge in [0, 0.05) is 5.92 Å². The van der Waals surface area contributed by atoms with Gasteiger partial charge in [0.1, 0.15) is 0 Å². The Hall–Kier alpha value is -1.46. The van der Waals surface area contributed by atoms with E-state index in [1.807, 2.05) is 6.92 Å². The fraction of sp³-hybridized carbons (Fsp3) is 0.846. The lowest BCUT2D eigenvalue weighted by Crippen LogP contribution is -2.40. The van der Waals surface area contributed by atoms with Gasteiger partial charge >= 0.3 is 5.97 Å². The molecule has 19 heavy (non-hydrogen) atoms. The second-order valence-electron chi connectivity index (χ2n) is 5.13. The topological polar surface area (TPSA) is 80.9 Å². The molecule has 6 heteroatoms. The summed E-state index contributed by atoms with van der Waals surface area (Å²) in [6.07, 6.45) is 4.57. The largest absolute Gasteiger partial charge is 0.479 e. The number of carboxylic acids is 1. The van der Waals surface area contributed by atoms with Crippen molar-refractivity contribution < 1.29 is 9.90 Å². The van der Waals surface area contributed by atoms with E-state index in [-0.39, 0.29) is 5.92 Å². The maximum Gasteiger partial charge on any atom is 0.331 e. The summed E-state index contributed by atoms with van der Waals surface area (Å²) in [5, 5.41) is 21.1. The zero-order valence-corrected chi connectivity index (χ0v) is 12.3. The molecule has 2 unspecified atom stereocenters. The van der Waals surface area contributed by atoms with Crippen LogP contribution < -0.4 is 0 Å². The van der Waals surface area contributed by atoms with Gasteiger partial charge in [0.25, 0.3) is 0 Å². The fourth-order valence-electron chi connectivity index (χ4n) is 2.16. The number of aliphatic carboxylic acids is 1. The van der Waals surface area contributed by atoms with Crippen molar-refractivity contribution in [3.05, 3.63) is 5.82 Å². The van der Waals surface area contributed by atoms with Crippen molar-refractivity contribution in [2.24, 2.45) is 0 Å². The van der Waals surface area contributed by atoms with Crippen LogP contribution in [0.3, 0.4) is 0 Å². The number of unbranched alkanes of at least 4 members (excludes halogenated alkanes) is 1. The van der Waals surface area contributed by atoms with Gasteiger partial charge in [-0.2, -0.15) is 0 Å². The van der Waals surface area contributed by atoms with Gasteiger partial charge in [0.05, 0.1) is 0 Å². The standard InChI is InChI=1S/C13H24N4O2/c1-5-8-9-10(6-2)11-14-15-16-17(11)13(4,7-3)12(18)19/h10H,5-9H2,1-4H3,(H,18,19). The first-order valence-electron chi connectivity index (χ1n) is 7.03. The van der Waals surface area contributed by atoms with E-state index < -0.39 is 11.5 Å². The van der Waals surface area contributed by atoms with Gasteiger partial charge in [0.2, 0.25) is 0 Å². The van der Waals surface area contributed by atoms with E-state index in [1.54, 1.807) is 6.92 Å². The quantitative estimate of drug-likeness (QED) is 0.783. The van der Waals surface area contributed by atoms with E-state index in [2.05, 4.69) is 29.4 Å². The lowest BCUT2D eigenvalue weighted by Gasteiger charge is -2.26. The van der Waals surface area contributed by atoms with E-state index in [9.17, 15) is 9.90 Å². The average Bonchev–Trinajstić information content (AvgIpc) is 2.88. The summed E-state index contributed by atoms with van der Waals surface area (Å²) in [5.74, 6) is 0.0248. The highest BCUT2D eigenvalue weighted by Crippen LogP contribution is 2.28. The van der Waals surface area contributed by atoms with E-state index >= 15 is 0 Å². The highest BCUT2D eigenvalue weighted by molar-refractivity contribution is 5.76. The second kappa shape index (κ2) is 6.63. The lowest BCUT2D eigenvalue weighted by atomic mass is 9.95. The van der Waals surface area contributed by atoms with Crippen molar-refractivity contribution in [1.29, 1.82) is 0 Å². The number of carbonyl (C=O) groups is 1. The van der Waals surface area contributed by atoms with Crippen LogP contribution in [0.5, 0.6) is 0 Å². The Labute approximate surface area is 114 Å². The van der Waals surface area contributed by atoms with Crippen LogP contribution in [0.25, 0.3) is 0 Å². The maximum atomic E-state index is 11.5. The molecule has 1 N–H and O–H groups in total. The van der Waals surface area contributed by atoms with Crippen molar-refractivity contribution in [1.82, 2.24) is 20.2 Å². The first-order valence-corrected chi connectivity index (χ1v) is 7.03. The normalized spacial score (nSPS) is 16.0. The van der Waals surface area contributed by atoms with E-state index in [0.29, 0.717) is 12.2 Å². The smallest absolute Gasteiger partial charge is 0.331 e. The summed E-state index contributed by atoms with van der Waals surface area (Å²) in [6, 6.07) is 0. The molecule has 0 saturated heterocycles. The van der Waals surface area contributed by atoms with Gasteiger partial charge in [0.15, 0.2) is 11.4 Å². The molecule has 0 radical (unpaired) electrons. The highest BCUT2D eigenvalue weighted by Gasteiger charge is 2.38. The monoisotopic (exact) mass is 268 g/mol. The Morgan fingerprint density at radius 3 is 2.58 bits per heavy atom. The Balaban J connectivity index is 3.11. The van der Waals surface area contributed by atoms with Crippen molar-refractivity contribution in [2.75, 3.05) is 0 Å². The van der Waals surface area contributed by atoms with Gasteiger partial charge < -0.3 is 5.11 Å². The maximum absolute atomic E-state index is 11.5. The predicted molar refractivity (Wildman–Crippen MR) is 71.9 cm³/mol. The summed E-state index contributed by atoms with van der Waals surface area (Å²) in [6.45, 7) is 7.74. The van der Waals surface area contributed by atoms with Crippen LogP contribution in [0.15, 0.2) is 0 Å². The van der Waals surface area contributed by atoms with Crippen LogP contribution in [0, 0.1) is 0 Å². The van der Waals surface area contributed by atoms with Crippen molar-refractivity contribution in [3.8, 4) is 0 Å². The number of carboxylic acid groups (broad SMARTS) is 1. The number of tetrazole rings is 1. The molecule has 0 bridgehead atoms. The Bertz CT molecular complexity index is 419. The Morgan fingerprint density at radius 2 is 2.11 bits per heavy atom. The molecule has 0 aromatic carbocycles. The summed E-state index contributed by atoms with van der Waals surface area (Å²) in [5.41, 5.74) is -1.07. The molecular formula is C13H24N4O2. The molecule has 0 spiro atoms. The van der Waals surface area contributed by atoms with Gasteiger partial charge in [-0.1, -0.05) is 33.6 Å². The third-order valence-electron chi connectivity index (χ3n) is 3.87. The minimum absolute atomic E-state index is 0.222. The molecule has 1 heterocycles. The molecular weight excluding hydrogens is 244 g/mol. The average molecular weight is 268 g/mol. The predicted octanol–water partition coefficient (Wildman–Crippen LogP) is 2.57. The van der Waals surface area contributed by atoms with E-state index in [1.165, 1.54) is 4.68 Å².